The molecule has 0 aromatic heterocycles. The number of rotatable bonds is 5. The van der Waals surface area contributed by atoms with Crippen molar-refractivity contribution in [2.75, 3.05) is 13.2 Å². The van der Waals surface area contributed by atoms with Crippen LogP contribution in [-0.2, 0) is 4.79 Å². The molecule has 0 atom stereocenters. The molecule has 0 saturated heterocycles. The molecule has 1 saturated carbocycles. The van der Waals surface area contributed by atoms with E-state index in [-0.39, 0.29) is 30.7 Å². The minimum Gasteiger partial charge on any atom is -0.396 e. The van der Waals surface area contributed by atoms with E-state index in [4.69, 9.17) is 5.11 Å². The van der Waals surface area contributed by atoms with Crippen molar-refractivity contribution in [3.8, 4) is 0 Å². The van der Waals surface area contributed by atoms with Gasteiger partial charge in [0.1, 0.15) is 11.6 Å². The molecule has 0 heterocycles. The fourth-order valence-electron chi connectivity index (χ4n) is 2.70. The number of aliphatic hydroxyl groups is 1. The summed E-state index contributed by atoms with van der Waals surface area (Å²) in [6.45, 7) is -0.102. The molecule has 0 spiro atoms. The Balaban J connectivity index is 1.77. The summed E-state index contributed by atoms with van der Waals surface area (Å²) in [7, 11) is 0. The maximum Gasteiger partial charge on any atom is 0.254 e. The van der Waals surface area contributed by atoms with Crippen molar-refractivity contribution < 1.29 is 23.5 Å². The van der Waals surface area contributed by atoms with E-state index in [1.807, 2.05) is 0 Å². The summed E-state index contributed by atoms with van der Waals surface area (Å²) in [5, 5.41) is 14.2. The van der Waals surface area contributed by atoms with Crippen LogP contribution in [0, 0.1) is 17.6 Å². The summed E-state index contributed by atoms with van der Waals surface area (Å²) in [4.78, 5) is 23.6. The quantitative estimate of drug-likeness (QED) is 0.764. The van der Waals surface area contributed by atoms with Crippen LogP contribution in [0.25, 0.3) is 0 Å². The van der Waals surface area contributed by atoms with Crippen LogP contribution in [0.15, 0.2) is 18.2 Å². The zero-order valence-electron chi connectivity index (χ0n) is 12.6. The molecule has 1 aliphatic carbocycles. The normalized spacial score (nSPS) is 20.8. The Labute approximate surface area is 133 Å². The average Bonchev–Trinajstić information content (AvgIpc) is 2.53. The number of hydrogen-bond acceptors (Lipinski definition) is 3. The first kappa shape index (κ1) is 17.3. The highest BCUT2D eigenvalue weighted by molar-refractivity contribution is 5.96. The van der Waals surface area contributed by atoms with Gasteiger partial charge < -0.3 is 15.7 Å². The maximum absolute atomic E-state index is 13.4. The molecule has 5 nitrogen and oxygen atoms in total. The van der Waals surface area contributed by atoms with Gasteiger partial charge in [-0.15, -0.1) is 0 Å². The Morgan fingerprint density at radius 2 is 1.87 bits per heavy atom. The van der Waals surface area contributed by atoms with Crippen molar-refractivity contribution >= 4 is 11.8 Å². The van der Waals surface area contributed by atoms with Crippen molar-refractivity contribution in [3.63, 3.8) is 0 Å². The Kier molecular flexibility index (Phi) is 6.04. The first-order chi connectivity index (χ1) is 11.0. The average molecular weight is 326 g/mol. The lowest BCUT2D eigenvalue weighted by atomic mass is 9.86. The van der Waals surface area contributed by atoms with Crippen LogP contribution in [-0.4, -0.2) is 36.1 Å². The summed E-state index contributed by atoms with van der Waals surface area (Å²) in [6, 6.07) is 2.67. The van der Waals surface area contributed by atoms with Gasteiger partial charge in [-0.3, -0.25) is 9.59 Å². The van der Waals surface area contributed by atoms with E-state index in [0.717, 1.165) is 37.8 Å². The van der Waals surface area contributed by atoms with E-state index in [1.54, 1.807) is 0 Å². The van der Waals surface area contributed by atoms with Gasteiger partial charge in [-0.25, -0.2) is 8.78 Å². The third-order valence-corrected chi connectivity index (χ3v) is 4.06. The minimum absolute atomic E-state index is 0.0322. The number of aliphatic hydroxyl groups excluding tert-OH is 1. The van der Waals surface area contributed by atoms with Gasteiger partial charge in [-0.1, -0.05) is 0 Å². The van der Waals surface area contributed by atoms with Gasteiger partial charge in [0, 0.05) is 18.7 Å². The molecule has 1 aliphatic rings. The Hall–Kier alpha value is -2.02. The van der Waals surface area contributed by atoms with Gasteiger partial charge in [0.2, 0.25) is 5.91 Å². The number of nitrogens with one attached hydrogen (secondary N) is 2. The molecule has 126 valence electrons. The second-order valence-electron chi connectivity index (χ2n) is 5.77. The predicted molar refractivity (Wildman–Crippen MR) is 79.7 cm³/mol. The smallest absolute Gasteiger partial charge is 0.254 e. The molecule has 1 fully saturated rings. The van der Waals surface area contributed by atoms with E-state index in [0.29, 0.717) is 12.0 Å². The number of amides is 2. The van der Waals surface area contributed by atoms with Gasteiger partial charge in [-0.05, 0) is 43.7 Å². The first-order valence-electron chi connectivity index (χ1n) is 7.63. The van der Waals surface area contributed by atoms with Gasteiger partial charge in [0.15, 0.2) is 0 Å². The van der Waals surface area contributed by atoms with Crippen LogP contribution in [0.4, 0.5) is 8.78 Å². The molecule has 0 unspecified atom stereocenters. The first-order valence-corrected chi connectivity index (χ1v) is 7.63. The molecule has 2 rings (SSSR count). The molecule has 2 amide bonds. The monoisotopic (exact) mass is 326 g/mol. The lowest BCUT2D eigenvalue weighted by molar-refractivity contribution is -0.121. The van der Waals surface area contributed by atoms with Gasteiger partial charge in [-0.2, -0.15) is 0 Å². The highest BCUT2D eigenvalue weighted by Crippen LogP contribution is 2.23. The third-order valence-electron chi connectivity index (χ3n) is 4.06. The lowest BCUT2D eigenvalue weighted by Gasteiger charge is -2.27. The van der Waals surface area contributed by atoms with Crippen molar-refractivity contribution in [1.82, 2.24) is 10.6 Å². The van der Waals surface area contributed by atoms with Crippen LogP contribution in [0.5, 0.6) is 0 Å². The number of benzene rings is 1. The van der Waals surface area contributed by atoms with Crippen molar-refractivity contribution in [2.45, 2.75) is 31.7 Å². The van der Waals surface area contributed by atoms with Crippen molar-refractivity contribution in [3.05, 3.63) is 35.4 Å². The number of carbonyl (C=O) groups is 2. The molecule has 7 heteroatoms. The van der Waals surface area contributed by atoms with E-state index in [1.165, 1.54) is 0 Å². The van der Waals surface area contributed by atoms with Crippen LogP contribution < -0.4 is 10.6 Å². The Bertz CT molecular complexity index is 572. The molecular formula is C16H20F2N2O3. The molecule has 0 radical (unpaired) electrons. The van der Waals surface area contributed by atoms with Crippen molar-refractivity contribution in [1.29, 1.82) is 0 Å². The van der Waals surface area contributed by atoms with Crippen LogP contribution >= 0.6 is 0 Å². The van der Waals surface area contributed by atoms with Crippen molar-refractivity contribution in [2.24, 2.45) is 5.92 Å². The van der Waals surface area contributed by atoms with E-state index in [2.05, 4.69) is 10.6 Å². The standard InChI is InChI=1S/C16H20F2N2O3/c17-11-3-6-13(14(18)7-11)16(23)19-8-15(22)20-12-4-1-10(9-21)2-5-12/h3,6-7,10,12,21H,1-2,4-5,8-9H2,(H,19,23)(H,20,22). The summed E-state index contributed by atoms with van der Waals surface area (Å²) in [6.07, 6.45) is 3.29. The highest BCUT2D eigenvalue weighted by Gasteiger charge is 2.22. The molecule has 0 aliphatic heterocycles. The van der Waals surface area contributed by atoms with Crippen LogP contribution in [0.2, 0.25) is 0 Å². The topological polar surface area (TPSA) is 78.4 Å². The van der Waals surface area contributed by atoms with E-state index in [9.17, 15) is 18.4 Å². The molecule has 3 N–H and O–H groups in total. The molecule has 0 bridgehead atoms. The Morgan fingerprint density at radius 3 is 2.48 bits per heavy atom. The number of carbonyl (C=O) groups excluding carboxylic acids is 2. The largest absolute Gasteiger partial charge is 0.396 e. The molecule has 1 aromatic carbocycles. The zero-order chi connectivity index (χ0) is 16.8. The third kappa shape index (κ3) is 4.99. The number of halogens is 2. The van der Waals surface area contributed by atoms with Crippen LogP contribution in [0.3, 0.4) is 0 Å². The van der Waals surface area contributed by atoms with E-state index >= 15 is 0 Å². The second kappa shape index (κ2) is 8.01. The predicted octanol–water partition coefficient (Wildman–Crippen LogP) is 1.36. The number of hydrogen-bond donors (Lipinski definition) is 3. The molecular weight excluding hydrogens is 306 g/mol. The summed E-state index contributed by atoms with van der Waals surface area (Å²) in [5.41, 5.74) is -0.303. The van der Waals surface area contributed by atoms with Gasteiger partial charge in [0.25, 0.3) is 5.91 Å². The fourth-order valence-corrected chi connectivity index (χ4v) is 2.70. The Morgan fingerprint density at radius 1 is 1.17 bits per heavy atom. The molecule has 23 heavy (non-hydrogen) atoms. The highest BCUT2D eigenvalue weighted by atomic mass is 19.1. The maximum atomic E-state index is 13.4. The lowest BCUT2D eigenvalue weighted by Crippen LogP contribution is -2.43. The molecule has 1 aromatic rings. The minimum atomic E-state index is -0.967. The fraction of sp³-hybridized carbons (Fsp3) is 0.500. The van der Waals surface area contributed by atoms with Gasteiger partial charge in [0.05, 0.1) is 12.1 Å². The SMILES string of the molecule is O=C(CNC(=O)c1ccc(F)cc1F)NC1CCC(CO)CC1. The second-order valence-corrected chi connectivity index (χ2v) is 5.77. The summed E-state index contributed by atoms with van der Waals surface area (Å²) < 4.78 is 26.2. The van der Waals surface area contributed by atoms with E-state index < -0.39 is 17.5 Å². The zero-order valence-corrected chi connectivity index (χ0v) is 12.6. The van der Waals surface area contributed by atoms with Gasteiger partial charge >= 0.3 is 0 Å². The van der Waals surface area contributed by atoms with Crippen LogP contribution in [0.1, 0.15) is 36.0 Å². The summed E-state index contributed by atoms with van der Waals surface area (Å²) in [5.74, 6) is -2.56. The summed E-state index contributed by atoms with van der Waals surface area (Å²) >= 11 is 0.